The summed E-state index contributed by atoms with van der Waals surface area (Å²) in [5.41, 5.74) is 2.02. The quantitative estimate of drug-likeness (QED) is 0.862. The average Bonchev–Trinajstić information content (AvgIpc) is 3.12. The van der Waals surface area contributed by atoms with E-state index in [0.29, 0.717) is 19.0 Å². The molecule has 0 spiro atoms. The van der Waals surface area contributed by atoms with Crippen molar-refractivity contribution in [2.24, 2.45) is 4.99 Å². The second-order valence-electron chi connectivity index (χ2n) is 5.50. The molecular formula is C19H22N2O2. The number of nitrogens with zero attached hydrogens (tertiary/aromatic N) is 1. The van der Waals surface area contributed by atoms with Gasteiger partial charge in [-0.25, -0.2) is 0 Å². The molecular weight excluding hydrogens is 288 g/mol. The highest BCUT2D eigenvalue weighted by Gasteiger charge is 2.30. The summed E-state index contributed by atoms with van der Waals surface area (Å²) in [7, 11) is 0. The lowest BCUT2D eigenvalue weighted by molar-refractivity contribution is 0.216. The van der Waals surface area contributed by atoms with Crippen molar-refractivity contribution in [1.29, 1.82) is 0 Å². The Kier molecular flexibility index (Phi) is 4.93. The van der Waals surface area contributed by atoms with E-state index in [-0.39, 0.29) is 5.92 Å². The van der Waals surface area contributed by atoms with Gasteiger partial charge in [-0.1, -0.05) is 48.5 Å². The fraction of sp³-hybridized carbons (Fsp3) is 0.316. The number of ether oxygens (including phenoxy) is 1. The van der Waals surface area contributed by atoms with Gasteiger partial charge in [0.15, 0.2) is 0 Å². The number of hydrogen-bond acceptors (Lipinski definition) is 4. The number of para-hydroxylation sites is 1. The second kappa shape index (κ2) is 7.29. The van der Waals surface area contributed by atoms with Crippen LogP contribution in [0, 0.1) is 0 Å². The number of amidine groups is 1. The van der Waals surface area contributed by atoms with Crippen LogP contribution in [-0.4, -0.2) is 36.7 Å². The average molecular weight is 310 g/mol. The molecule has 23 heavy (non-hydrogen) atoms. The molecule has 4 nitrogen and oxygen atoms in total. The minimum atomic E-state index is -0.721. The largest absolute Gasteiger partial charge is 0.494 e. The van der Waals surface area contributed by atoms with Crippen molar-refractivity contribution in [3.05, 3.63) is 65.7 Å². The maximum absolute atomic E-state index is 11.0. The van der Waals surface area contributed by atoms with Crippen LogP contribution in [0.1, 0.15) is 24.0 Å². The molecule has 1 heterocycles. The molecule has 0 bridgehead atoms. The smallest absolute Gasteiger partial charge is 0.127 e. The zero-order valence-electron chi connectivity index (χ0n) is 13.3. The number of aliphatic hydroxyl groups is 1. The summed E-state index contributed by atoms with van der Waals surface area (Å²) < 4.78 is 5.78. The molecule has 0 amide bonds. The van der Waals surface area contributed by atoms with Crippen LogP contribution in [0.5, 0.6) is 5.75 Å². The fourth-order valence-electron chi connectivity index (χ4n) is 2.99. The van der Waals surface area contributed by atoms with Crippen LogP contribution in [0.15, 0.2) is 59.6 Å². The van der Waals surface area contributed by atoms with Crippen molar-refractivity contribution in [2.75, 3.05) is 19.7 Å². The van der Waals surface area contributed by atoms with E-state index in [4.69, 9.17) is 4.74 Å². The molecule has 0 radical (unpaired) electrons. The van der Waals surface area contributed by atoms with Crippen LogP contribution in [0.4, 0.5) is 0 Å². The first-order valence-electron chi connectivity index (χ1n) is 8.04. The summed E-state index contributed by atoms with van der Waals surface area (Å²) in [4.78, 5) is 4.40. The van der Waals surface area contributed by atoms with E-state index in [2.05, 4.69) is 10.3 Å². The molecule has 2 atom stereocenters. The van der Waals surface area contributed by atoms with Gasteiger partial charge >= 0.3 is 0 Å². The number of hydrogen-bond donors (Lipinski definition) is 2. The second-order valence-corrected chi connectivity index (χ2v) is 5.50. The molecule has 2 aromatic rings. The number of aliphatic hydroxyl groups excluding tert-OH is 1. The maximum Gasteiger partial charge on any atom is 0.127 e. The third-order valence-corrected chi connectivity index (χ3v) is 4.01. The lowest BCUT2D eigenvalue weighted by Gasteiger charge is -2.26. The zero-order chi connectivity index (χ0) is 16.1. The molecule has 0 aromatic heterocycles. The molecule has 4 heteroatoms. The van der Waals surface area contributed by atoms with Crippen molar-refractivity contribution >= 4 is 5.84 Å². The number of aliphatic imine (C=N–C) groups is 1. The molecule has 0 aliphatic carbocycles. The highest BCUT2D eigenvalue weighted by molar-refractivity contribution is 5.89. The van der Waals surface area contributed by atoms with Crippen LogP contribution in [0.2, 0.25) is 0 Å². The SMILES string of the molecule is CCOc1ccccc1C(c1ccccc1)C(O)C1=NCCN1. The summed E-state index contributed by atoms with van der Waals surface area (Å²) >= 11 is 0. The summed E-state index contributed by atoms with van der Waals surface area (Å²) in [5.74, 6) is 1.25. The fourth-order valence-corrected chi connectivity index (χ4v) is 2.99. The van der Waals surface area contributed by atoms with Gasteiger partial charge in [-0.05, 0) is 18.6 Å². The van der Waals surface area contributed by atoms with Crippen LogP contribution >= 0.6 is 0 Å². The van der Waals surface area contributed by atoms with Gasteiger partial charge in [-0.2, -0.15) is 0 Å². The Morgan fingerprint density at radius 1 is 1.13 bits per heavy atom. The molecule has 0 saturated heterocycles. The predicted octanol–water partition coefficient (Wildman–Crippen LogP) is 2.58. The lowest BCUT2D eigenvalue weighted by atomic mass is 9.85. The van der Waals surface area contributed by atoms with Gasteiger partial charge < -0.3 is 15.2 Å². The number of rotatable bonds is 6. The summed E-state index contributed by atoms with van der Waals surface area (Å²) in [6, 6.07) is 17.9. The summed E-state index contributed by atoms with van der Waals surface area (Å²) in [6.45, 7) is 4.04. The summed E-state index contributed by atoms with van der Waals surface area (Å²) in [5, 5.41) is 14.1. The van der Waals surface area contributed by atoms with E-state index in [1.54, 1.807) is 0 Å². The van der Waals surface area contributed by atoms with Crippen LogP contribution in [-0.2, 0) is 0 Å². The van der Waals surface area contributed by atoms with Crippen molar-refractivity contribution in [1.82, 2.24) is 5.32 Å². The van der Waals surface area contributed by atoms with Crippen LogP contribution in [0.25, 0.3) is 0 Å². The van der Waals surface area contributed by atoms with E-state index >= 15 is 0 Å². The first-order valence-corrected chi connectivity index (χ1v) is 8.04. The van der Waals surface area contributed by atoms with Gasteiger partial charge in [0.2, 0.25) is 0 Å². The third-order valence-electron chi connectivity index (χ3n) is 4.01. The molecule has 2 unspecified atom stereocenters. The van der Waals surface area contributed by atoms with Gasteiger partial charge in [0.05, 0.1) is 13.2 Å². The molecule has 1 aliphatic rings. The van der Waals surface area contributed by atoms with Crippen molar-refractivity contribution in [3.63, 3.8) is 0 Å². The Morgan fingerprint density at radius 2 is 1.87 bits per heavy atom. The topological polar surface area (TPSA) is 53.9 Å². The van der Waals surface area contributed by atoms with Gasteiger partial charge in [-0.3, -0.25) is 4.99 Å². The van der Waals surface area contributed by atoms with Gasteiger partial charge in [0.25, 0.3) is 0 Å². The molecule has 120 valence electrons. The number of benzene rings is 2. The Bertz CT molecular complexity index is 670. The van der Waals surface area contributed by atoms with E-state index in [0.717, 1.165) is 23.4 Å². The molecule has 2 aromatic carbocycles. The highest BCUT2D eigenvalue weighted by atomic mass is 16.5. The monoisotopic (exact) mass is 310 g/mol. The molecule has 3 rings (SSSR count). The van der Waals surface area contributed by atoms with Crippen molar-refractivity contribution < 1.29 is 9.84 Å². The van der Waals surface area contributed by atoms with E-state index in [9.17, 15) is 5.11 Å². The zero-order valence-corrected chi connectivity index (χ0v) is 13.3. The molecule has 1 aliphatic heterocycles. The number of nitrogens with one attached hydrogen (secondary N) is 1. The van der Waals surface area contributed by atoms with Crippen LogP contribution < -0.4 is 10.1 Å². The molecule has 0 fully saturated rings. The van der Waals surface area contributed by atoms with Gasteiger partial charge in [0.1, 0.15) is 17.7 Å². The van der Waals surface area contributed by atoms with Gasteiger partial charge in [-0.15, -0.1) is 0 Å². The van der Waals surface area contributed by atoms with Crippen molar-refractivity contribution in [3.8, 4) is 5.75 Å². The summed E-state index contributed by atoms with van der Waals surface area (Å²) in [6.07, 6.45) is -0.721. The Balaban J connectivity index is 2.05. The first-order chi connectivity index (χ1) is 11.3. The predicted molar refractivity (Wildman–Crippen MR) is 92.2 cm³/mol. The Hall–Kier alpha value is -2.33. The van der Waals surface area contributed by atoms with Crippen LogP contribution in [0.3, 0.4) is 0 Å². The van der Waals surface area contributed by atoms with Gasteiger partial charge in [0, 0.05) is 18.0 Å². The maximum atomic E-state index is 11.0. The molecule has 0 saturated carbocycles. The Morgan fingerprint density at radius 3 is 2.57 bits per heavy atom. The van der Waals surface area contributed by atoms with E-state index in [1.165, 1.54) is 0 Å². The van der Waals surface area contributed by atoms with Crippen molar-refractivity contribution in [2.45, 2.75) is 18.9 Å². The lowest BCUT2D eigenvalue weighted by Crippen LogP contribution is -2.36. The Labute approximate surface area is 136 Å². The minimum Gasteiger partial charge on any atom is -0.494 e. The normalized spacial score (nSPS) is 16.3. The highest BCUT2D eigenvalue weighted by Crippen LogP contribution is 2.35. The minimum absolute atomic E-state index is 0.219. The van der Waals surface area contributed by atoms with E-state index in [1.807, 2.05) is 61.5 Å². The molecule has 2 N–H and O–H groups in total. The standard InChI is InChI=1S/C19H22N2O2/c1-2-23-16-11-7-6-10-15(16)17(14-8-4-3-5-9-14)18(22)19-20-12-13-21-19/h3-11,17-18,22H,2,12-13H2,1H3,(H,20,21). The first kappa shape index (κ1) is 15.6. The van der Waals surface area contributed by atoms with E-state index < -0.39 is 6.10 Å². The third kappa shape index (κ3) is 3.37.